The highest BCUT2D eigenvalue weighted by molar-refractivity contribution is 9.10. The molecule has 23 heavy (non-hydrogen) atoms. The summed E-state index contributed by atoms with van der Waals surface area (Å²) in [5.41, 5.74) is 1.92. The Balaban J connectivity index is 1.74. The molecule has 2 aromatic carbocycles. The largest absolute Gasteiger partial charge is 0.369 e. The number of aryl methyl sites for hydroxylation is 1. The molecule has 0 bridgehead atoms. The fourth-order valence-corrected chi connectivity index (χ4v) is 4.74. The van der Waals surface area contributed by atoms with Gasteiger partial charge < -0.3 is 4.90 Å². The molecule has 0 amide bonds. The Morgan fingerprint density at radius 1 is 0.913 bits per heavy atom. The third kappa shape index (κ3) is 3.44. The van der Waals surface area contributed by atoms with E-state index in [0.717, 1.165) is 15.7 Å². The molecule has 0 aromatic heterocycles. The van der Waals surface area contributed by atoms with E-state index in [-0.39, 0.29) is 0 Å². The minimum atomic E-state index is -3.41. The highest BCUT2D eigenvalue weighted by atomic mass is 79.9. The van der Waals surface area contributed by atoms with E-state index >= 15 is 0 Å². The molecule has 0 atom stereocenters. The molecule has 0 aliphatic carbocycles. The van der Waals surface area contributed by atoms with E-state index in [2.05, 4.69) is 33.0 Å². The third-order valence-electron chi connectivity index (χ3n) is 4.14. The Bertz CT molecular complexity index is 782. The number of piperazine rings is 1. The van der Waals surface area contributed by atoms with Gasteiger partial charge in [-0.15, -0.1) is 0 Å². The zero-order valence-corrected chi connectivity index (χ0v) is 15.3. The van der Waals surface area contributed by atoms with Crippen molar-refractivity contribution >= 4 is 31.6 Å². The molecule has 1 heterocycles. The van der Waals surface area contributed by atoms with Crippen LogP contribution in [0.3, 0.4) is 0 Å². The van der Waals surface area contributed by atoms with Crippen LogP contribution in [0.15, 0.2) is 57.9 Å². The lowest BCUT2D eigenvalue weighted by Crippen LogP contribution is -2.48. The lowest BCUT2D eigenvalue weighted by molar-refractivity contribution is 0.384. The van der Waals surface area contributed by atoms with Gasteiger partial charge in [-0.1, -0.05) is 34.1 Å². The summed E-state index contributed by atoms with van der Waals surface area (Å²) in [7, 11) is -3.41. The van der Waals surface area contributed by atoms with Crippen molar-refractivity contribution in [2.45, 2.75) is 11.8 Å². The van der Waals surface area contributed by atoms with Gasteiger partial charge in [-0.3, -0.25) is 0 Å². The predicted molar refractivity (Wildman–Crippen MR) is 96.3 cm³/mol. The monoisotopic (exact) mass is 394 g/mol. The number of nitrogens with zero attached hydrogens (tertiary/aromatic N) is 2. The van der Waals surface area contributed by atoms with Gasteiger partial charge in [0.1, 0.15) is 0 Å². The predicted octanol–water partition coefficient (Wildman–Crippen LogP) is 3.27. The average molecular weight is 395 g/mol. The van der Waals surface area contributed by atoms with E-state index in [1.807, 2.05) is 31.2 Å². The van der Waals surface area contributed by atoms with Crippen LogP contribution in [-0.2, 0) is 10.0 Å². The molecule has 0 spiro atoms. The maximum Gasteiger partial charge on any atom is 0.243 e. The van der Waals surface area contributed by atoms with Crippen molar-refractivity contribution in [2.24, 2.45) is 0 Å². The molecule has 1 aliphatic rings. The highest BCUT2D eigenvalue weighted by Gasteiger charge is 2.29. The number of rotatable bonds is 3. The number of sulfonamides is 1. The number of halogens is 1. The molecule has 0 radical (unpaired) electrons. The van der Waals surface area contributed by atoms with Crippen LogP contribution in [0.5, 0.6) is 0 Å². The van der Waals surface area contributed by atoms with Gasteiger partial charge in [0.15, 0.2) is 0 Å². The molecule has 0 unspecified atom stereocenters. The molecule has 6 heteroatoms. The summed E-state index contributed by atoms with van der Waals surface area (Å²) in [6.07, 6.45) is 0. The molecule has 1 fully saturated rings. The first-order chi connectivity index (χ1) is 11.0. The van der Waals surface area contributed by atoms with Gasteiger partial charge in [-0.2, -0.15) is 4.31 Å². The molecule has 0 N–H and O–H groups in total. The normalized spacial score (nSPS) is 16.5. The Morgan fingerprint density at radius 2 is 1.52 bits per heavy atom. The number of anilines is 1. The third-order valence-corrected chi connectivity index (χ3v) is 6.73. The van der Waals surface area contributed by atoms with E-state index < -0.39 is 10.0 Å². The molecular formula is C17H19BrN2O2S. The van der Waals surface area contributed by atoms with Crippen molar-refractivity contribution in [3.8, 4) is 0 Å². The van der Waals surface area contributed by atoms with Crippen LogP contribution in [-0.4, -0.2) is 38.9 Å². The van der Waals surface area contributed by atoms with E-state index in [0.29, 0.717) is 31.1 Å². The van der Waals surface area contributed by atoms with Crippen LogP contribution < -0.4 is 4.90 Å². The van der Waals surface area contributed by atoms with E-state index in [4.69, 9.17) is 0 Å². The summed E-state index contributed by atoms with van der Waals surface area (Å²) >= 11 is 3.43. The molecule has 1 aliphatic heterocycles. The minimum absolute atomic E-state index is 0.414. The number of benzene rings is 2. The van der Waals surface area contributed by atoms with Crippen molar-refractivity contribution in [2.75, 3.05) is 31.1 Å². The van der Waals surface area contributed by atoms with Gasteiger partial charge in [0.2, 0.25) is 10.0 Å². The lowest BCUT2D eigenvalue weighted by Gasteiger charge is -2.35. The van der Waals surface area contributed by atoms with E-state index in [1.165, 1.54) is 0 Å². The molecule has 0 saturated carbocycles. The maximum atomic E-state index is 12.8. The minimum Gasteiger partial charge on any atom is -0.369 e. The summed E-state index contributed by atoms with van der Waals surface area (Å²) in [4.78, 5) is 2.63. The SMILES string of the molecule is Cc1ccccc1S(=O)(=O)N1CCN(c2ccc(Br)cc2)CC1. The summed E-state index contributed by atoms with van der Waals surface area (Å²) in [6.45, 7) is 4.25. The molecule has 1 saturated heterocycles. The van der Waals surface area contributed by atoms with Crippen molar-refractivity contribution in [1.82, 2.24) is 4.31 Å². The number of hydrogen-bond donors (Lipinski definition) is 0. The average Bonchev–Trinajstić information content (AvgIpc) is 2.56. The highest BCUT2D eigenvalue weighted by Crippen LogP contribution is 2.24. The molecule has 2 aromatic rings. The summed E-state index contributed by atoms with van der Waals surface area (Å²) in [5, 5.41) is 0. The lowest BCUT2D eigenvalue weighted by atomic mass is 10.2. The van der Waals surface area contributed by atoms with Crippen LogP contribution in [0, 0.1) is 6.92 Å². The van der Waals surface area contributed by atoms with Crippen LogP contribution in [0.25, 0.3) is 0 Å². The summed E-state index contributed by atoms with van der Waals surface area (Å²) < 4.78 is 28.2. The first-order valence-corrected chi connectivity index (χ1v) is 9.78. The summed E-state index contributed by atoms with van der Waals surface area (Å²) in [5.74, 6) is 0. The van der Waals surface area contributed by atoms with Gasteiger partial charge in [0, 0.05) is 36.3 Å². The topological polar surface area (TPSA) is 40.6 Å². The standard InChI is InChI=1S/C17H19BrN2O2S/c1-14-4-2-3-5-17(14)23(21,22)20-12-10-19(11-13-20)16-8-6-15(18)7-9-16/h2-9H,10-13H2,1H3. The Kier molecular flexibility index (Phi) is 4.75. The molecule has 3 rings (SSSR count). The van der Waals surface area contributed by atoms with E-state index in [1.54, 1.807) is 16.4 Å². The molecule has 4 nitrogen and oxygen atoms in total. The van der Waals surface area contributed by atoms with Crippen molar-refractivity contribution in [3.05, 3.63) is 58.6 Å². The van der Waals surface area contributed by atoms with Gasteiger partial charge in [0.25, 0.3) is 0 Å². The van der Waals surface area contributed by atoms with Gasteiger partial charge in [-0.25, -0.2) is 8.42 Å². The van der Waals surface area contributed by atoms with Gasteiger partial charge in [0.05, 0.1) is 4.90 Å². The Labute approximate surface area is 145 Å². The van der Waals surface area contributed by atoms with Crippen LogP contribution in [0.1, 0.15) is 5.56 Å². The fourth-order valence-electron chi connectivity index (χ4n) is 2.82. The van der Waals surface area contributed by atoms with Crippen molar-refractivity contribution in [1.29, 1.82) is 0 Å². The van der Waals surface area contributed by atoms with Crippen molar-refractivity contribution in [3.63, 3.8) is 0 Å². The van der Waals surface area contributed by atoms with Crippen molar-refractivity contribution < 1.29 is 8.42 Å². The van der Waals surface area contributed by atoms with Gasteiger partial charge in [-0.05, 0) is 42.8 Å². The second-order valence-corrected chi connectivity index (χ2v) is 8.46. The summed E-state index contributed by atoms with van der Waals surface area (Å²) in [6, 6.07) is 15.3. The van der Waals surface area contributed by atoms with Crippen LogP contribution in [0.2, 0.25) is 0 Å². The van der Waals surface area contributed by atoms with Gasteiger partial charge >= 0.3 is 0 Å². The first-order valence-electron chi connectivity index (χ1n) is 7.55. The zero-order chi connectivity index (χ0) is 16.4. The molecule has 122 valence electrons. The smallest absolute Gasteiger partial charge is 0.243 e. The molecular weight excluding hydrogens is 376 g/mol. The maximum absolute atomic E-state index is 12.8. The fraction of sp³-hybridized carbons (Fsp3) is 0.294. The second kappa shape index (κ2) is 6.63. The first kappa shape index (κ1) is 16.5. The zero-order valence-electron chi connectivity index (χ0n) is 12.9. The second-order valence-electron chi connectivity index (χ2n) is 5.63. The Morgan fingerprint density at radius 3 is 2.13 bits per heavy atom. The Hall–Kier alpha value is -1.37. The van der Waals surface area contributed by atoms with Crippen LogP contribution >= 0.6 is 15.9 Å². The van der Waals surface area contributed by atoms with E-state index in [9.17, 15) is 8.42 Å². The number of hydrogen-bond acceptors (Lipinski definition) is 3. The quantitative estimate of drug-likeness (QED) is 0.801. The van der Waals surface area contributed by atoms with Crippen LogP contribution in [0.4, 0.5) is 5.69 Å².